The number of aromatic amines is 1. The summed E-state index contributed by atoms with van der Waals surface area (Å²) >= 11 is 0. The lowest BCUT2D eigenvalue weighted by Crippen LogP contribution is -2.45. The summed E-state index contributed by atoms with van der Waals surface area (Å²) in [4.78, 5) is 39.3. The number of amides is 2. The Kier molecular flexibility index (Phi) is 5.20. The molecule has 1 unspecified atom stereocenters. The molecule has 0 saturated carbocycles. The minimum absolute atomic E-state index is 0.0889. The maximum atomic E-state index is 12.7. The van der Waals surface area contributed by atoms with Gasteiger partial charge in [-0.1, -0.05) is 18.2 Å². The fourth-order valence-electron chi connectivity index (χ4n) is 3.07. The molecular weight excluding hydrogens is 336 g/mol. The lowest BCUT2D eigenvalue weighted by molar-refractivity contribution is -0.133. The second-order valence-corrected chi connectivity index (χ2v) is 6.60. The average molecular weight is 358 g/mol. The molecule has 3 rings (SSSR count). The standard InChI is InChI=1S/C18H22N4O4/c1-21(2)18(25)26-12-6-5-9-22(11-12)16(23)10-15-13-7-3-4-8-14(13)17(24)20-19-15/h3-4,7-8,12H,5-6,9-11H2,1-2H3,(H,20,24). The maximum Gasteiger partial charge on any atom is 0.409 e. The number of benzene rings is 1. The van der Waals surface area contributed by atoms with Crippen LogP contribution in [0.3, 0.4) is 0 Å². The molecule has 1 N–H and O–H groups in total. The first-order valence-electron chi connectivity index (χ1n) is 8.57. The molecule has 2 aromatic rings. The molecule has 0 spiro atoms. The number of hydrogen-bond acceptors (Lipinski definition) is 5. The van der Waals surface area contributed by atoms with Crippen molar-refractivity contribution in [3.05, 3.63) is 40.3 Å². The monoisotopic (exact) mass is 358 g/mol. The van der Waals surface area contributed by atoms with Crippen LogP contribution in [0.25, 0.3) is 10.8 Å². The van der Waals surface area contributed by atoms with Gasteiger partial charge < -0.3 is 14.5 Å². The van der Waals surface area contributed by atoms with Crippen molar-refractivity contribution < 1.29 is 14.3 Å². The van der Waals surface area contributed by atoms with Gasteiger partial charge in [-0.15, -0.1) is 0 Å². The van der Waals surface area contributed by atoms with Gasteiger partial charge in [0.1, 0.15) is 6.10 Å². The van der Waals surface area contributed by atoms with E-state index in [4.69, 9.17) is 4.74 Å². The van der Waals surface area contributed by atoms with E-state index in [1.807, 2.05) is 6.07 Å². The number of hydrogen-bond donors (Lipinski definition) is 1. The van der Waals surface area contributed by atoms with Crippen LogP contribution >= 0.6 is 0 Å². The third kappa shape index (κ3) is 3.84. The van der Waals surface area contributed by atoms with Crippen molar-refractivity contribution in [1.29, 1.82) is 0 Å². The molecule has 2 heterocycles. The highest BCUT2D eigenvalue weighted by atomic mass is 16.6. The Bertz CT molecular complexity index is 877. The molecule has 1 fully saturated rings. The molecule has 1 aliphatic rings. The highest BCUT2D eigenvalue weighted by Gasteiger charge is 2.27. The normalized spacial score (nSPS) is 17.2. The van der Waals surface area contributed by atoms with Gasteiger partial charge in [0.15, 0.2) is 0 Å². The summed E-state index contributed by atoms with van der Waals surface area (Å²) in [5, 5.41) is 7.70. The molecule has 138 valence electrons. The lowest BCUT2D eigenvalue weighted by atomic mass is 10.1. The van der Waals surface area contributed by atoms with E-state index in [2.05, 4.69) is 10.2 Å². The minimum atomic E-state index is -0.405. The molecule has 1 aromatic heterocycles. The summed E-state index contributed by atoms with van der Waals surface area (Å²) in [6.07, 6.45) is 0.895. The number of likely N-dealkylation sites (tertiary alicyclic amines) is 1. The number of carbonyl (C=O) groups is 2. The Morgan fingerprint density at radius 2 is 2.04 bits per heavy atom. The minimum Gasteiger partial charge on any atom is -0.444 e. The van der Waals surface area contributed by atoms with Crippen molar-refractivity contribution in [2.75, 3.05) is 27.2 Å². The summed E-state index contributed by atoms with van der Waals surface area (Å²) < 4.78 is 5.40. The third-order valence-corrected chi connectivity index (χ3v) is 4.46. The topological polar surface area (TPSA) is 95.6 Å². The fraction of sp³-hybridized carbons (Fsp3) is 0.444. The molecule has 0 aliphatic carbocycles. The van der Waals surface area contributed by atoms with Crippen molar-refractivity contribution in [3.63, 3.8) is 0 Å². The Labute approximate surface area is 150 Å². The number of aromatic nitrogens is 2. The van der Waals surface area contributed by atoms with Crippen LogP contribution in [0.1, 0.15) is 18.5 Å². The predicted molar refractivity (Wildman–Crippen MR) is 95.8 cm³/mol. The zero-order chi connectivity index (χ0) is 18.7. The van der Waals surface area contributed by atoms with E-state index in [0.717, 1.165) is 12.8 Å². The third-order valence-electron chi connectivity index (χ3n) is 4.46. The number of nitrogens with zero attached hydrogens (tertiary/aromatic N) is 3. The van der Waals surface area contributed by atoms with Gasteiger partial charge >= 0.3 is 6.09 Å². The van der Waals surface area contributed by atoms with Crippen molar-refractivity contribution in [1.82, 2.24) is 20.0 Å². The second kappa shape index (κ2) is 7.55. The van der Waals surface area contributed by atoms with Crippen LogP contribution in [0, 0.1) is 0 Å². The highest BCUT2D eigenvalue weighted by Crippen LogP contribution is 2.17. The Morgan fingerprint density at radius 1 is 1.31 bits per heavy atom. The molecule has 1 saturated heterocycles. The molecule has 26 heavy (non-hydrogen) atoms. The van der Waals surface area contributed by atoms with Gasteiger partial charge in [0.2, 0.25) is 5.91 Å². The second-order valence-electron chi connectivity index (χ2n) is 6.60. The quantitative estimate of drug-likeness (QED) is 0.888. The highest BCUT2D eigenvalue weighted by molar-refractivity contribution is 5.88. The number of H-pyrrole nitrogens is 1. The molecule has 8 nitrogen and oxygen atoms in total. The molecule has 1 atom stereocenters. The summed E-state index contributed by atoms with van der Waals surface area (Å²) in [7, 11) is 3.25. The van der Waals surface area contributed by atoms with Crippen LogP contribution in [0.5, 0.6) is 0 Å². The van der Waals surface area contributed by atoms with E-state index in [0.29, 0.717) is 29.6 Å². The van der Waals surface area contributed by atoms with Crippen LogP contribution in [0.2, 0.25) is 0 Å². The average Bonchev–Trinajstić information content (AvgIpc) is 2.64. The van der Waals surface area contributed by atoms with Gasteiger partial charge in [-0.3, -0.25) is 9.59 Å². The first kappa shape index (κ1) is 17.9. The molecular formula is C18H22N4O4. The van der Waals surface area contributed by atoms with Crippen molar-refractivity contribution >= 4 is 22.8 Å². The van der Waals surface area contributed by atoms with Crippen molar-refractivity contribution in [2.24, 2.45) is 0 Å². The van der Waals surface area contributed by atoms with Gasteiger partial charge in [-0.05, 0) is 18.9 Å². The van der Waals surface area contributed by atoms with E-state index in [1.165, 1.54) is 4.90 Å². The molecule has 8 heteroatoms. The van der Waals surface area contributed by atoms with E-state index in [9.17, 15) is 14.4 Å². The Morgan fingerprint density at radius 3 is 2.77 bits per heavy atom. The Balaban J connectivity index is 1.71. The van der Waals surface area contributed by atoms with E-state index < -0.39 is 6.09 Å². The summed E-state index contributed by atoms with van der Waals surface area (Å²) in [5.74, 6) is -0.0969. The number of ether oxygens (including phenoxy) is 1. The van der Waals surface area contributed by atoms with Crippen molar-refractivity contribution in [3.8, 4) is 0 Å². The number of nitrogens with one attached hydrogen (secondary N) is 1. The summed E-state index contributed by atoms with van der Waals surface area (Å²) in [6, 6.07) is 7.09. The van der Waals surface area contributed by atoms with E-state index in [1.54, 1.807) is 37.2 Å². The lowest BCUT2D eigenvalue weighted by Gasteiger charge is -2.32. The molecule has 1 aliphatic heterocycles. The van der Waals surface area contributed by atoms with E-state index in [-0.39, 0.29) is 24.0 Å². The largest absolute Gasteiger partial charge is 0.444 e. The number of rotatable bonds is 3. The van der Waals surface area contributed by atoms with Crippen LogP contribution in [-0.4, -0.2) is 65.3 Å². The molecule has 2 amide bonds. The van der Waals surface area contributed by atoms with Gasteiger partial charge in [-0.25, -0.2) is 9.89 Å². The van der Waals surface area contributed by atoms with Gasteiger partial charge in [0.05, 0.1) is 24.0 Å². The van der Waals surface area contributed by atoms with E-state index >= 15 is 0 Å². The summed E-state index contributed by atoms with van der Waals surface area (Å²) in [5.41, 5.74) is 0.267. The SMILES string of the molecule is CN(C)C(=O)OC1CCCN(C(=O)Cc2n[nH]c(=O)c3ccccc23)C1. The number of carbonyl (C=O) groups excluding carboxylic acids is 2. The maximum absolute atomic E-state index is 12.7. The number of piperidine rings is 1. The first-order chi connectivity index (χ1) is 12.5. The van der Waals surface area contributed by atoms with Gasteiger partial charge in [-0.2, -0.15) is 5.10 Å². The fourth-order valence-corrected chi connectivity index (χ4v) is 3.07. The summed E-state index contributed by atoms with van der Waals surface area (Å²) in [6.45, 7) is 0.996. The van der Waals surface area contributed by atoms with Gasteiger partial charge in [0.25, 0.3) is 5.56 Å². The van der Waals surface area contributed by atoms with Gasteiger partial charge in [0, 0.05) is 26.0 Å². The molecule has 1 aromatic carbocycles. The first-order valence-corrected chi connectivity index (χ1v) is 8.57. The van der Waals surface area contributed by atoms with Crippen LogP contribution in [0.4, 0.5) is 4.79 Å². The predicted octanol–water partition coefficient (Wildman–Crippen LogP) is 1.15. The molecule has 0 bridgehead atoms. The zero-order valence-corrected chi connectivity index (χ0v) is 14.9. The smallest absolute Gasteiger partial charge is 0.409 e. The van der Waals surface area contributed by atoms with Crippen molar-refractivity contribution in [2.45, 2.75) is 25.4 Å². The van der Waals surface area contributed by atoms with Crippen LogP contribution in [-0.2, 0) is 16.0 Å². The molecule has 0 radical (unpaired) electrons. The zero-order valence-electron chi connectivity index (χ0n) is 14.9. The van der Waals surface area contributed by atoms with Crippen LogP contribution in [0.15, 0.2) is 29.1 Å². The van der Waals surface area contributed by atoms with Crippen LogP contribution < -0.4 is 5.56 Å². The Hall–Kier alpha value is -2.90. The number of fused-ring (bicyclic) bond motifs is 1.